The van der Waals surface area contributed by atoms with Crippen molar-refractivity contribution in [3.8, 4) is 0 Å². The van der Waals surface area contributed by atoms with Gasteiger partial charge in [0.25, 0.3) is 0 Å². The summed E-state index contributed by atoms with van der Waals surface area (Å²) in [4.78, 5) is 0. The maximum absolute atomic E-state index is 2.27. The zero-order chi connectivity index (χ0) is 6.53. The van der Waals surface area contributed by atoms with E-state index in [0.717, 1.165) is 5.92 Å². The number of hydrogen-bond acceptors (Lipinski definition) is 0. The largest absolute Gasteiger partial charge is 1.00 e. The van der Waals surface area contributed by atoms with Crippen molar-refractivity contribution in [2.24, 2.45) is 5.92 Å². The van der Waals surface area contributed by atoms with Crippen LogP contribution in [0.2, 0.25) is 0 Å². The van der Waals surface area contributed by atoms with E-state index in [1.165, 1.54) is 19.3 Å². The molecule has 0 unspecified atom stereocenters. The van der Waals surface area contributed by atoms with Gasteiger partial charge in [0.1, 0.15) is 0 Å². The van der Waals surface area contributed by atoms with Gasteiger partial charge in [-0.05, 0) is 12.3 Å². The average Bonchev–Trinajstić information content (AvgIpc) is 2.34. The molecule has 1 aliphatic rings. The minimum atomic E-state index is 0. The van der Waals surface area contributed by atoms with Crippen LogP contribution in [0.5, 0.6) is 0 Å². The Morgan fingerprint density at radius 3 is 2.40 bits per heavy atom. The normalized spacial score (nSPS) is 15.7. The molecule has 0 amide bonds. The Bertz CT molecular complexity index is 118. The van der Waals surface area contributed by atoms with E-state index in [4.69, 9.17) is 0 Å². The summed E-state index contributed by atoms with van der Waals surface area (Å²) in [6.07, 6.45) is 12.8. The van der Waals surface area contributed by atoms with Crippen LogP contribution in [-0.4, -0.2) is 0 Å². The van der Waals surface area contributed by atoms with Gasteiger partial charge in [-0.2, -0.15) is 0 Å². The standard InChI is InChI=1S/C9H14.Na.H/c1-2-3-6-9-7-4-5-8-9;;/h4-5,7-9H,2-3,6H2,1H3;;/q;+1;-1. The molecule has 10 heavy (non-hydrogen) atoms. The zero-order valence-electron chi connectivity index (χ0n) is 8.01. The minimum absolute atomic E-state index is 0. The molecule has 0 fully saturated rings. The third-order valence-corrected chi connectivity index (χ3v) is 1.72. The molecular formula is C9H15Na. The van der Waals surface area contributed by atoms with E-state index >= 15 is 0 Å². The van der Waals surface area contributed by atoms with Gasteiger partial charge in [0.05, 0.1) is 0 Å². The van der Waals surface area contributed by atoms with Crippen LogP contribution in [0, 0.1) is 5.92 Å². The average molecular weight is 146 g/mol. The minimum Gasteiger partial charge on any atom is -1.00 e. The van der Waals surface area contributed by atoms with Crippen molar-refractivity contribution in [1.29, 1.82) is 0 Å². The first-order valence-corrected chi connectivity index (χ1v) is 3.78. The van der Waals surface area contributed by atoms with E-state index in [-0.39, 0.29) is 31.0 Å². The van der Waals surface area contributed by atoms with Gasteiger partial charge in [0.15, 0.2) is 0 Å². The molecule has 0 saturated heterocycles. The zero-order valence-corrected chi connectivity index (χ0v) is 9.01. The van der Waals surface area contributed by atoms with E-state index in [1.807, 2.05) is 0 Å². The van der Waals surface area contributed by atoms with Gasteiger partial charge in [0.2, 0.25) is 0 Å². The number of hydrogen-bond donors (Lipinski definition) is 0. The molecule has 1 aliphatic carbocycles. The third kappa shape index (κ3) is 3.60. The monoisotopic (exact) mass is 146 g/mol. The molecule has 1 heteroatoms. The Labute approximate surface area is 87.2 Å². The molecule has 0 spiro atoms. The Morgan fingerprint density at radius 2 is 1.90 bits per heavy atom. The van der Waals surface area contributed by atoms with E-state index < -0.39 is 0 Å². The molecule has 0 aromatic rings. The predicted molar refractivity (Wildman–Crippen MR) is 42.4 cm³/mol. The Morgan fingerprint density at radius 1 is 1.30 bits per heavy atom. The molecule has 0 N–H and O–H groups in total. The van der Waals surface area contributed by atoms with Crippen molar-refractivity contribution in [2.75, 3.05) is 0 Å². The summed E-state index contributed by atoms with van der Waals surface area (Å²) in [7, 11) is 0. The van der Waals surface area contributed by atoms with Crippen LogP contribution in [0.3, 0.4) is 0 Å². The summed E-state index contributed by atoms with van der Waals surface area (Å²) in [5.41, 5.74) is 0. The summed E-state index contributed by atoms with van der Waals surface area (Å²) in [5.74, 6) is 0.755. The van der Waals surface area contributed by atoms with Crippen molar-refractivity contribution in [3.05, 3.63) is 24.3 Å². The van der Waals surface area contributed by atoms with Crippen LogP contribution in [0.15, 0.2) is 24.3 Å². The summed E-state index contributed by atoms with van der Waals surface area (Å²) in [6.45, 7) is 2.24. The molecule has 0 bridgehead atoms. The summed E-state index contributed by atoms with van der Waals surface area (Å²) >= 11 is 0. The van der Waals surface area contributed by atoms with Crippen molar-refractivity contribution < 1.29 is 31.0 Å². The molecule has 1 rings (SSSR count). The Hall–Kier alpha value is 0.480. The molecule has 0 radical (unpaired) electrons. The summed E-state index contributed by atoms with van der Waals surface area (Å²) in [5, 5.41) is 0. The molecular weight excluding hydrogens is 131 g/mol. The van der Waals surface area contributed by atoms with Gasteiger partial charge in [0, 0.05) is 0 Å². The fraction of sp³-hybridized carbons (Fsp3) is 0.556. The second-order valence-electron chi connectivity index (χ2n) is 2.58. The SMILES string of the molecule is CCCCC1C=CC=C1.[H-].[Na+]. The van der Waals surface area contributed by atoms with Crippen LogP contribution in [0.1, 0.15) is 27.6 Å². The van der Waals surface area contributed by atoms with E-state index in [1.54, 1.807) is 0 Å². The van der Waals surface area contributed by atoms with E-state index in [0.29, 0.717) is 0 Å². The van der Waals surface area contributed by atoms with Crippen LogP contribution in [-0.2, 0) is 0 Å². The van der Waals surface area contributed by atoms with E-state index in [2.05, 4.69) is 31.2 Å². The number of unbranched alkanes of at least 4 members (excludes halogenated alkanes) is 1. The maximum Gasteiger partial charge on any atom is 1.00 e. The summed E-state index contributed by atoms with van der Waals surface area (Å²) < 4.78 is 0. The molecule has 52 valence electrons. The molecule has 0 aromatic heterocycles. The second-order valence-corrected chi connectivity index (χ2v) is 2.58. The fourth-order valence-electron chi connectivity index (χ4n) is 1.11. The van der Waals surface area contributed by atoms with Gasteiger partial charge in [-0.1, -0.05) is 44.1 Å². The van der Waals surface area contributed by atoms with Crippen LogP contribution < -0.4 is 29.6 Å². The first-order valence-electron chi connectivity index (χ1n) is 3.78. The molecule has 0 aliphatic heterocycles. The van der Waals surface area contributed by atoms with Crippen LogP contribution in [0.25, 0.3) is 0 Å². The quantitative estimate of drug-likeness (QED) is 0.493. The Kier molecular flexibility index (Phi) is 6.50. The van der Waals surface area contributed by atoms with Crippen molar-refractivity contribution in [3.63, 3.8) is 0 Å². The van der Waals surface area contributed by atoms with Crippen LogP contribution in [0.4, 0.5) is 0 Å². The predicted octanol–water partition coefficient (Wildman–Crippen LogP) is 0.0353. The molecule has 0 atom stereocenters. The van der Waals surface area contributed by atoms with Gasteiger partial charge in [-0.25, -0.2) is 0 Å². The molecule has 0 heterocycles. The molecule has 0 nitrogen and oxygen atoms in total. The number of allylic oxidation sites excluding steroid dienone is 4. The first-order chi connectivity index (χ1) is 4.43. The second kappa shape index (κ2) is 6.21. The van der Waals surface area contributed by atoms with Gasteiger partial charge in [-0.15, -0.1) is 0 Å². The van der Waals surface area contributed by atoms with Gasteiger partial charge >= 0.3 is 29.6 Å². The number of rotatable bonds is 3. The van der Waals surface area contributed by atoms with Crippen molar-refractivity contribution in [1.82, 2.24) is 0 Å². The van der Waals surface area contributed by atoms with E-state index in [9.17, 15) is 0 Å². The van der Waals surface area contributed by atoms with Crippen LogP contribution >= 0.6 is 0 Å². The maximum atomic E-state index is 2.27. The molecule has 0 saturated carbocycles. The smallest absolute Gasteiger partial charge is 1.00 e. The van der Waals surface area contributed by atoms with Crippen molar-refractivity contribution >= 4 is 0 Å². The fourth-order valence-corrected chi connectivity index (χ4v) is 1.11. The topological polar surface area (TPSA) is 0 Å². The molecule has 0 aromatic carbocycles. The van der Waals surface area contributed by atoms with Gasteiger partial charge < -0.3 is 1.43 Å². The Balaban J connectivity index is 0. The first kappa shape index (κ1) is 10.5. The third-order valence-electron chi connectivity index (χ3n) is 1.72. The van der Waals surface area contributed by atoms with Gasteiger partial charge in [-0.3, -0.25) is 0 Å². The summed E-state index contributed by atoms with van der Waals surface area (Å²) in [6, 6.07) is 0. The van der Waals surface area contributed by atoms with Crippen molar-refractivity contribution in [2.45, 2.75) is 26.2 Å².